The van der Waals surface area contributed by atoms with E-state index in [4.69, 9.17) is 33.8 Å². The van der Waals surface area contributed by atoms with E-state index in [9.17, 15) is 4.79 Å². The van der Waals surface area contributed by atoms with Crippen LogP contribution in [0.2, 0.25) is 10.0 Å². The van der Waals surface area contributed by atoms with Gasteiger partial charge < -0.3 is 15.9 Å². The molecule has 0 fully saturated rings. The van der Waals surface area contributed by atoms with E-state index in [0.717, 1.165) is 16.9 Å². The molecule has 0 unspecified atom stereocenters. The molecule has 0 radical (unpaired) electrons. The summed E-state index contributed by atoms with van der Waals surface area (Å²) < 4.78 is 7.13. The number of aryl methyl sites for hydroxylation is 2. The van der Waals surface area contributed by atoms with Gasteiger partial charge in [-0.2, -0.15) is 0 Å². The van der Waals surface area contributed by atoms with Crippen molar-refractivity contribution in [1.82, 2.24) is 14.9 Å². The second kappa shape index (κ2) is 9.59. The Bertz CT molecular complexity index is 1070. The molecule has 1 amide bonds. The summed E-state index contributed by atoms with van der Waals surface area (Å²) in [5.74, 6) is 7.03. The highest BCUT2D eigenvalue weighted by atomic mass is 35.5. The fourth-order valence-corrected chi connectivity index (χ4v) is 3.77. The Kier molecular flexibility index (Phi) is 7.12. The van der Waals surface area contributed by atoms with Crippen molar-refractivity contribution in [3.05, 3.63) is 63.4 Å². The van der Waals surface area contributed by atoms with Crippen LogP contribution in [0, 0.1) is 13.8 Å². The molecule has 3 N–H and O–H groups in total. The summed E-state index contributed by atoms with van der Waals surface area (Å²) in [6, 6.07) is 11.0. The maximum Gasteiger partial charge on any atom is 0.237 e. The van der Waals surface area contributed by atoms with Crippen LogP contribution in [0.5, 0.6) is 5.75 Å². The lowest BCUT2D eigenvalue weighted by Gasteiger charge is -2.13. The van der Waals surface area contributed by atoms with Crippen molar-refractivity contribution >= 4 is 46.6 Å². The number of carbonyl (C=O) groups is 1. The Morgan fingerprint density at radius 2 is 2.03 bits per heavy atom. The molecule has 0 bridgehead atoms. The van der Waals surface area contributed by atoms with Crippen LogP contribution in [0.4, 0.5) is 5.69 Å². The molecule has 1 atom stereocenters. The van der Waals surface area contributed by atoms with Gasteiger partial charge in [-0.3, -0.25) is 4.79 Å². The minimum absolute atomic E-state index is 0.159. The summed E-state index contributed by atoms with van der Waals surface area (Å²) in [6.45, 7) is 5.89. The van der Waals surface area contributed by atoms with Gasteiger partial charge in [0.05, 0.1) is 21.0 Å². The van der Waals surface area contributed by atoms with Crippen LogP contribution >= 0.6 is 35.0 Å². The first-order chi connectivity index (χ1) is 14.3. The molecule has 158 valence electrons. The molecular formula is C20H21Cl2N5O2S. The third kappa shape index (κ3) is 5.19. The Hall–Kier alpha value is -2.42. The van der Waals surface area contributed by atoms with Gasteiger partial charge in [0.25, 0.3) is 0 Å². The molecule has 3 aromatic rings. The van der Waals surface area contributed by atoms with Crippen molar-refractivity contribution in [1.29, 1.82) is 0 Å². The van der Waals surface area contributed by atoms with E-state index in [1.165, 1.54) is 16.4 Å². The average molecular weight is 466 g/mol. The van der Waals surface area contributed by atoms with E-state index in [1.54, 1.807) is 25.1 Å². The van der Waals surface area contributed by atoms with Gasteiger partial charge in [-0.1, -0.05) is 58.7 Å². The quantitative estimate of drug-likeness (QED) is 0.390. The van der Waals surface area contributed by atoms with Crippen molar-refractivity contribution < 1.29 is 9.53 Å². The molecule has 3 rings (SSSR count). The van der Waals surface area contributed by atoms with E-state index >= 15 is 0 Å². The number of nitrogens with one attached hydrogen (secondary N) is 1. The number of ether oxygens (including phenoxy) is 1. The lowest BCUT2D eigenvalue weighted by atomic mass is 10.1. The summed E-state index contributed by atoms with van der Waals surface area (Å²) in [4.78, 5) is 12.5. The average Bonchev–Trinajstić information content (AvgIpc) is 3.04. The SMILES string of the molecule is Cc1ccc(OCc2nnc(S[C@H](C)C(=O)Nc3cccc(Cl)c3Cl)n2N)c(C)c1. The number of amides is 1. The van der Waals surface area contributed by atoms with Gasteiger partial charge >= 0.3 is 0 Å². The summed E-state index contributed by atoms with van der Waals surface area (Å²) >= 11 is 13.3. The van der Waals surface area contributed by atoms with E-state index in [2.05, 4.69) is 15.5 Å². The Morgan fingerprint density at radius 1 is 1.27 bits per heavy atom. The Balaban J connectivity index is 1.62. The zero-order chi connectivity index (χ0) is 21.8. The molecule has 0 saturated carbocycles. The second-order valence-electron chi connectivity index (χ2n) is 6.68. The van der Waals surface area contributed by atoms with Gasteiger partial charge in [0.15, 0.2) is 5.82 Å². The van der Waals surface area contributed by atoms with Gasteiger partial charge in [0.1, 0.15) is 12.4 Å². The van der Waals surface area contributed by atoms with Crippen LogP contribution in [0.15, 0.2) is 41.6 Å². The van der Waals surface area contributed by atoms with Gasteiger partial charge in [-0.15, -0.1) is 10.2 Å². The summed E-state index contributed by atoms with van der Waals surface area (Å²) in [5.41, 5.74) is 2.63. The zero-order valence-electron chi connectivity index (χ0n) is 16.6. The highest BCUT2D eigenvalue weighted by Gasteiger charge is 2.21. The van der Waals surface area contributed by atoms with E-state index < -0.39 is 5.25 Å². The van der Waals surface area contributed by atoms with E-state index in [-0.39, 0.29) is 17.5 Å². The van der Waals surface area contributed by atoms with E-state index in [1.807, 2.05) is 32.0 Å². The smallest absolute Gasteiger partial charge is 0.237 e. The largest absolute Gasteiger partial charge is 0.485 e. The van der Waals surface area contributed by atoms with Crippen LogP contribution in [0.3, 0.4) is 0 Å². The van der Waals surface area contributed by atoms with Gasteiger partial charge in [-0.25, -0.2) is 4.68 Å². The fourth-order valence-electron chi connectivity index (χ4n) is 2.64. The summed E-state index contributed by atoms with van der Waals surface area (Å²) in [5, 5.41) is 11.4. The maximum absolute atomic E-state index is 12.5. The number of halogens is 2. The summed E-state index contributed by atoms with van der Waals surface area (Å²) in [7, 11) is 0. The zero-order valence-corrected chi connectivity index (χ0v) is 19.0. The molecule has 0 aliphatic rings. The van der Waals surface area contributed by atoms with Crippen molar-refractivity contribution in [3.63, 3.8) is 0 Å². The van der Waals surface area contributed by atoms with Crippen LogP contribution < -0.4 is 15.9 Å². The molecule has 1 aromatic heterocycles. The second-order valence-corrected chi connectivity index (χ2v) is 8.77. The molecule has 0 aliphatic heterocycles. The van der Waals surface area contributed by atoms with Crippen LogP contribution in [-0.2, 0) is 11.4 Å². The normalized spacial score (nSPS) is 11.9. The maximum atomic E-state index is 12.5. The van der Waals surface area contributed by atoms with Gasteiger partial charge in [0.2, 0.25) is 11.1 Å². The number of nitrogen functional groups attached to an aromatic ring is 1. The monoisotopic (exact) mass is 465 g/mol. The van der Waals surface area contributed by atoms with Gasteiger partial charge in [0, 0.05) is 0 Å². The Labute approximate surface area is 188 Å². The minimum Gasteiger partial charge on any atom is -0.485 e. The van der Waals surface area contributed by atoms with Crippen molar-refractivity contribution in [2.45, 2.75) is 37.8 Å². The molecule has 10 heteroatoms. The first-order valence-electron chi connectivity index (χ1n) is 9.07. The number of rotatable bonds is 7. The third-order valence-corrected chi connectivity index (χ3v) is 6.16. The number of nitrogens with zero attached hydrogens (tertiary/aromatic N) is 3. The number of hydrogen-bond acceptors (Lipinski definition) is 6. The highest BCUT2D eigenvalue weighted by Crippen LogP contribution is 2.30. The number of carbonyl (C=O) groups excluding carboxylic acids is 1. The molecule has 1 heterocycles. The van der Waals surface area contributed by atoms with Crippen molar-refractivity contribution in [2.75, 3.05) is 11.2 Å². The first kappa shape index (κ1) is 22.3. The summed E-state index contributed by atoms with van der Waals surface area (Å²) in [6.07, 6.45) is 0. The molecule has 7 nitrogen and oxygen atoms in total. The lowest BCUT2D eigenvalue weighted by molar-refractivity contribution is -0.115. The predicted molar refractivity (Wildman–Crippen MR) is 121 cm³/mol. The molecule has 2 aromatic carbocycles. The standard InChI is InChI=1S/C20H21Cl2N5O2S/c1-11-7-8-16(12(2)9-11)29-10-17-25-26-20(27(17)23)30-13(3)19(28)24-15-6-4-5-14(21)18(15)22/h4-9,13H,10,23H2,1-3H3,(H,24,28)/t13-/m1/s1. The van der Waals surface area contributed by atoms with Crippen molar-refractivity contribution in [3.8, 4) is 5.75 Å². The Morgan fingerprint density at radius 3 is 2.77 bits per heavy atom. The van der Waals surface area contributed by atoms with Crippen molar-refractivity contribution in [2.24, 2.45) is 0 Å². The number of aromatic nitrogens is 3. The van der Waals surface area contributed by atoms with E-state index in [0.29, 0.717) is 21.7 Å². The topological polar surface area (TPSA) is 95.1 Å². The minimum atomic E-state index is -0.500. The third-order valence-electron chi connectivity index (χ3n) is 4.28. The number of hydrogen-bond donors (Lipinski definition) is 2. The molecule has 0 saturated heterocycles. The lowest BCUT2D eigenvalue weighted by Crippen LogP contribution is -2.24. The highest BCUT2D eigenvalue weighted by molar-refractivity contribution is 8.00. The van der Waals surface area contributed by atoms with Crippen LogP contribution in [0.25, 0.3) is 0 Å². The number of nitrogens with two attached hydrogens (primary N) is 1. The van der Waals surface area contributed by atoms with Gasteiger partial charge in [-0.05, 0) is 44.5 Å². The predicted octanol–water partition coefficient (Wildman–Crippen LogP) is 4.61. The number of benzene rings is 2. The number of anilines is 1. The van der Waals surface area contributed by atoms with Crippen LogP contribution in [0.1, 0.15) is 23.9 Å². The van der Waals surface area contributed by atoms with Crippen LogP contribution in [-0.4, -0.2) is 26.0 Å². The fraction of sp³-hybridized carbons (Fsp3) is 0.250. The molecule has 30 heavy (non-hydrogen) atoms. The number of thioether (sulfide) groups is 1. The molecule has 0 aliphatic carbocycles. The molecular weight excluding hydrogens is 445 g/mol. The molecule has 0 spiro atoms. The first-order valence-corrected chi connectivity index (χ1v) is 10.7.